The Morgan fingerprint density at radius 2 is 2.03 bits per heavy atom. The Morgan fingerprint density at radius 3 is 2.60 bits per heavy atom. The Hall–Kier alpha value is -3.93. The van der Waals surface area contributed by atoms with Crippen LogP contribution in [0.5, 0.6) is 0 Å². The number of nitro groups is 1. The van der Waals surface area contributed by atoms with Gasteiger partial charge in [-0.15, -0.1) is 0 Å². The number of primary amides is 1. The maximum absolute atomic E-state index is 12.4. The van der Waals surface area contributed by atoms with E-state index in [1.165, 1.54) is 18.2 Å². The number of nitrogens with two attached hydrogens (primary N) is 1. The largest absolute Gasteiger partial charge is 0.456 e. The molecule has 2 N–H and O–H groups in total. The van der Waals surface area contributed by atoms with Gasteiger partial charge in [-0.2, -0.15) is 5.26 Å². The Bertz CT molecular complexity index is 1080. The Kier molecular flexibility index (Phi) is 7.09. The van der Waals surface area contributed by atoms with Crippen molar-refractivity contribution in [1.82, 2.24) is 4.57 Å². The van der Waals surface area contributed by atoms with Crippen molar-refractivity contribution < 1.29 is 19.2 Å². The quantitative estimate of drug-likeness (QED) is 0.233. The first-order valence-corrected chi connectivity index (χ1v) is 9.22. The summed E-state index contributed by atoms with van der Waals surface area (Å²) in [4.78, 5) is 34.1. The molecular formula is C21H22N4O5. The van der Waals surface area contributed by atoms with Gasteiger partial charge in [-0.3, -0.25) is 14.9 Å². The van der Waals surface area contributed by atoms with Gasteiger partial charge in [-0.1, -0.05) is 6.92 Å². The summed E-state index contributed by atoms with van der Waals surface area (Å²) in [6, 6.07) is 7.32. The summed E-state index contributed by atoms with van der Waals surface area (Å²) in [5, 5.41) is 20.6. The van der Waals surface area contributed by atoms with Gasteiger partial charge in [0.25, 0.3) is 5.69 Å². The fraction of sp³-hybridized carbons (Fsp3) is 0.286. The van der Waals surface area contributed by atoms with E-state index in [4.69, 9.17) is 10.5 Å². The van der Waals surface area contributed by atoms with Crippen LogP contribution in [0.25, 0.3) is 6.08 Å². The van der Waals surface area contributed by atoms with E-state index in [1.54, 1.807) is 0 Å². The lowest BCUT2D eigenvalue weighted by atomic mass is 10.1. The van der Waals surface area contributed by atoms with Crippen LogP contribution in [0, 0.1) is 35.3 Å². The maximum Gasteiger partial charge on any atom is 0.349 e. The number of hydrogen-bond donors (Lipinski definition) is 1. The summed E-state index contributed by atoms with van der Waals surface area (Å²) >= 11 is 0. The molecule has 0 fully saturated rings. The number of carbonyl (C=O) groups excluding carboxylic acids is 2. The second-order valence-electron chi connectivity index (χ2n) is 6.69. The second-order valence-corrected chi connectivity index (χ2v) is 6.69. The summed E-state index contributed by atoms with van der Waals surface area (Å²) in [6.45, 7) is 6.30. The van der Waals surface area contributed by atoms with Gasteiger partial charge >= 0.3 is 5.97 Å². The van der Waals surface area contributed by atoms with E-state index in [0.717, 1.165) is 36.0 Å². The molecule has 0 unspecified atom stereocenters. The van der Waals surface area contributed by atoms with Crippen molar-refractivity contribution in [3.05, 3.63) is 68.0 Å². The smallest absolute Gasteiger partial charge is 0.349 e. The zero-order valence-corrected chi connectivity index (χ0v) is 17.0. The highest BCUT2D eigenvalue weighted by Gasteiger charge is 2.19. The summed E-state index contributed by atoms with van der Waals surface area (Å²) < 4.78 is 7.20. The lowest BCUT2D eigenvalue weighted by Crippen LogP contribution is -2.12. The zero-order chi connectivity index (χ0) is 22.4. The number of rotatable bonds is 8. The number of amides is 1. The molecule has 1 heterocycles. The molecular weight excluding hydrogens is 388 g/mol. The van der Waals surface area contributed by atoms with Crippen molar-refractivity contribution in [1.29, 1.82) is 5.26 Å². The van der Waals surface area contributed by atoms with Crippen LogP contribution in [0.1, 0.15) is 46.2 Å². The summed E-state index contributed by atoms with van der Waals surface area (Å²) in [7, 11) is 0. The van der Waals surface area contributed by atoms with Crippen LogP contribution >= 0.6 is 0 Å². The molecule has 0 saturated heterocycles. The van der Waals surface area contributed by atoms with Gasteiger partial charge in [0.1, 0.15) is 18.2 Å². The minimum Gasteiger partial charge on any atom is -0.456 e. The average Bonchev–Trinajstić information content (AvgIpc) is 2.97. The molecule has 2 aromatic rings. The van der Waals surface area contributed by atoms with Gasteiger partial charge < -0.3 is 15.0 Å². The van der Waals surface area contributed by atoms with Crippen LogP contribution < -0.4 is 5.73 Å². The monoisotopic (exact) mass is 410 g/mol. The van der Waals surface area contributed by atoms with Crippen LogP contribution in [0.3, 0.4) is 0 Å². The topological polar surface area (TPSA) is 141 Å². The number of aromatic nitrogens is 1. The van der Waals surface area contributed by atoms with Gasteiger partial charge in [0, 0.05) is 29.6 Å². The predicted molar refractivity (Wildman–Crippen MR) is 109 cm³/mol. The van der Waals surface area contributed by atoms with E-state index in [9.17, 15) is 25.0 Å². The van der Waals surface area contributed by atoms with Gasteiger partial charge in [-0.05, 0) is 50.1 Å². The fourth-order valence-corrected chi connectivity index (χ4v) is 3.06. The first kappa shape index (κ1) is 22.4. The van der Waals surface area contributed by atoms with Crippen LogP contribution in [0.2, 0.25) is 0 Å². The summed E-state index contributed by atoms with van der Waals surface area (Å²) in [5.74, 6) is -1.71. The van der Waals surface area contributed by atoms with E-state index in [0.29, 0.717) is 0 Å². The predicted octanol–water partition coefficient (Wildman–Crippen LogP) is 3.17. The van der Waals surface area contributed by atoms with Crippen LogP contribution in [-0.4, -0.2) is 21.4 Å². The molecule has 0 aliphatic carbocycles. The normalized spacial score (nSPS) is 11.1. The lowest BCUT2D eigenvalue weighted by Gasteiger charge is -2.07. The first-order valence-electron chi connectivity index (χ1n) is 9.22. The van der Waals surface area contributed by atoms with Gasteiger partial charge in [0.15, 0.2) is 0 Å². The van der Waals surface area contributed by atoms with Crippen molar-refractivity contribution in [2.24, 2.45) is 5.73 Å². The number of carbonyl (C=O) groups is 2. The van der Waals surface area contributed by atoms with E-state index in [-0.39, 0.29) is 16.7 Å². The first-order chi connectivity index (χ1) is 14.2. The third kappa shape index (κ3) is 4.91. The number of esters is 1. The highest BCUT2D eigenvalue weighted by atomic mass is 16.6. The molecule has 156 valence electrons. The molecule has 1 amide bonds. The van der Waals surface area contributed by atoms with E-state index < -0.39 is 29.1 Å². The molecule has 1 aromatic heterocycles. The highest BCUT2D eigenvalue weighted by molar-refractivity contribution is 5.98. The summed E-state index contributed by atoms with van der Waals surface area (Å²) in [6.07, 6.45) is 2.39. The maximum atomic E-state index is 12.4. The van der Waals surface area contributed by atoms with Crippen LogP contribution in [-0.2, 0) is 22.7 Å². The molecule has 0 bridgehead atoms. The molecule has 9 nitrogen and oxygen atoms in total. The zero-order valence-electron chi connectivity index (χ0n) is 17.0. The minimum atomic E-state index is -0.897. The number of hydrogen-bond acceptors (Lipinski definition) is 6. The standard InChI is InChI=1S/C21H22N4O5/c1-4-7-24-13(2)8-17(14(24)3)9-18(11-22)21(27)30-12-16-6-5-15(20(23)26)10-19(16)25(28)29/h5-6,8-10H,4,7,12H2,1-3H3,(H2,23,26)/b18-9+. The highest BCUT2D eigenvalue weighted by Crippen LogP contribution is 2.23. The Balaban J connectivity index is 2.24. The third-order valence-corrected chi connectivity index (χ3v) is 4.63. The second kappa shape index (κ2) is 9.52. The molecule has 0 aliphatic rings. The number of aryl methyl sites for hydroxylation is 1. The number of nitrogens with zero attached hydrogens (tertiary/aromatic N) is 3. The van der Waals surface area contributed by atoms with Crippen molar-refractivity contribution in [2.45, 2.75) is 40.3 Å². The fourth-order valence-electron chi connectivity index (χ4n) is 3.06. The van der Waals surface area contributed by atoms with Crippen molar-refractivity contribution >= 4 is 23.6 Å². The molecule has 1 aromatic carbocycles. The number of ether oxygens (including phenoxy) is 1. The van der Waals surface area contributed by atoms with E-state index >= 15 is 0 Å². The minimum absolute atomic E-state index is 0.0307. The van der Waals surface area contributed by atoms with Gasteiger partial charge in [0.2, 0.25) is 5.91 Å². The molecule has 0 radical (unpaired) electrons. The molecule has 9 heteroatoms. The molecule has 0 aliphatic heterocycles. The Morgan fingerprint density at radius 1 is 1.33 bits per heavy atom. The lowest BCUT2D eigenvalue weighted by molar-refractivity contribution is -0.385. The molecule has 30 heavy (non-hydrogen) atoms. The van der Waals surface area contributed by atoms with Gasteiger partial charge in [0.05, 0.1) is 10.5 Å². The molecule has 0 atom stereocenters. The van der Waals surface area contributed by atoms with Crippen molar-refractivity contribution in [3.63, 3.8) is 0 Å². The number of benzene rings is 1. The van der Waals surface area contributed by atoms with Crippen LogP contribution in [0.4, 0.5) is 5.69 Å². The van der Waals surface area contributed by atoms with E-state index in [2.05, 4.69) is 11.5 Å². The van der Waals surface area contributed by atoms with Crippen molar-refractivity contribution in [2.75, 3.05) is 0 Å². The number of nitro benzene ring substituents is 1. The average molecular weight is 410 g/mol. The SMILES string of the molecule is CCCn1c(C)cc(/C=C(\C#N)C(=O)OCc2ccc(C(N)=O)cc2[N+](=O)[O-])c1C. The molecule has 0 saturated carbocycles. The Labute approximate surface area is 173 Å². The third-order valence-electron chi connectivity index (χ3n) is 4.63. The van der Waals surface area contributed by atoms with Gasteiger partial charge in [-0.25, -0.2) is 4.79 Å². The van der Waals surface area contributed by atoms with Crippen molar-refractivity contribution in [3.8, 4) is 6.07 Å². The van der Waals surface area contributed by atoms with Crippen LogP contribution in [0.15, 0.2) is 29.8 Å². The number of nitriles is 1. The van der Waals surface area contributed by atoms with E-state index in [1.807, 2.05) is 26.0 Å². The molecule has 0 spiro atoms. The summed E-state index contributed by atoms with van der Waals surface area (Å²) in [5.41, 5.74) is 7.23. The molecule has 2 rings (SSSR count).